The van der Waals surface area contributed by atoms with E-state index < -0.39 is 7.14 Å². The molecule has 0 amide bonds. The molecule has 1 saturated heterocycles. The largest absolute Gasteiger partial charge is 0.373 e. The van der Waals surface area contributed by atoms with Crippen LogP contribution in [0.15, 0.2) is 0 Å². The van der Waals surface area contributed by atoms with Crippen molar-refractivity contribution < 1.29 is 9.30 Å². The summed E-state index contributed by atoms with van der Waals surface area (Å²) < 4.78 is 17.0. The Labute approximate surface area is 62.3 Å². The molecule has 0 saturated carbocycles. The SMILES string of the molecule is CC(C)(C)[P@@]1(=O)CCOC1. The predicted octanol–water partition coefficient (Wildman–Crippen LogP) is 2.14. The topological polar surface area (TPSA) is 26.3 Å². The monoisotopic (exact) mass is 162 g/mol. The second-order valence-electron chi connectivity index (χ2n) is 3.82. The molecule has 0 unspecified atom stereocenters. The van der Waals surface area contributed by atoms with Gasteiger partial charge in [0.1, 0.15) is 13.5 Å². The van der Waals surface area contributed by atoms with E-state index in [2.05, 4.69) is 0 Å². The minimum atomic E-state index is -1.98. The Hall–Kier alpha value is 0.190. The first kappa shape index (κ1) is 8.29. The summed E-state index contributed by atoms with van der Waals surface area (Å²) in [6.45, 7) is 6.78. The molecule has 0 bridgehead atoms. The molecule has 1 fully saturated rings. The van der Waals surface area contributed by atoms with E-state index >= 15 is 0 Å². The molecule has 0 aromatic rings. The second kappa shape index (κ2) is 2.35. The molecule has 0 aromatic carbocycles. The summed E-state index contributed by atoms with van der Waals surface area (Å²) in [5.74, 6) is 0. The Morgan fingerprint density at radius 1 is 1.40 bits per heavy atom. The zero-order valence-electron chi connectivity index (χ0n) is 6.89. The van der Waals surface area contributed by atoms with Crippen molar-refractivity contribution in [2.24, 2.45) is 0 Å². The van der Waals surface area contributed by atoms with Gasteiger partial charge in [0.05, 0.1) is 6.61 Å². The molecule has 0 aromatic heterocycles. The Kier molecular flexibility index (Phi) is 1.95. The zero-order chi connectivity index (χ0) is 7.83. The molecule has 1 heterocycles. The van der Waals surface area contributed by atoms with Gasteiger partial charge in [0, 0.05) is 11.3 Å². The Bertz CT molecular complexity index is 159. The van der Waals surface area contributed by atoms with Gasteiger partial charge in [0.25, 0.3) is 0 Å². The third-order valence-electron chi connectivity index (χ3n) is 2.12. The van der Waals surface area contributed by atoms with Gasteiger partial charge in [-0.1, -0.05) is 20.8 Å². The van der Waals surface area contributed by atoms with Gasteiger partial charge in [-0.2, -0.15) is 0 Å². The smallest absolute Gasteiger partial charge is 0.119 e. The van der Waals surface area contributed by atoms with Gasteiger partial charge in [-0.05, 0) is 0 Å². The van der Waals surface area contributed by atoms with Crippen LogP contribution >= 0.6 is 7.14 Å². The Morgan fingerprint density at radius 3 is 2.20 bits per heavy atom. The molecule has 3 heteroatoms. The average Bonchev–Trinajstić information content (AvgIpc) is 2.13. The lowest BCUT2D eigenvalue weighted by atomic mass is 10.3. The van der Waals surface area contributed by atoms with Crippen molar-refractivity contribution in [3.8, 4) is 0 Å². The molecule has 0 spiro atoms. The highest BCUT2D eigenvalue weighted by atomic mass is 31.2. The zero-order valence-corrected chi connectivity index (χ0v) is 7.78. The lowest BCUT2D eigenvalue weighted by Crippen LogP contribution is -2.16. The van der Waals surface area contributed by atoms with Gasteiger partial charge in [-0.15, -0.1) is 0 Å². The summed E-state index contributed by atoms with van der Waals surface area (Å²) in [5.41, 5.74) is 0. The van der Waals surface area contributed by atoms with Crippen molar-refractivity contribution in [1.82, 2.24) is 0 Å². The Balaban J connectivity index is 2.78. The van der Waals surface area contributed by atoms with Crippen LogP contribution in [0.3, 0.4) is 0 Å². The van der Waals surface area contributed by atoms with Gasteiger partial charge in [-0.3, -0.25) is 0 Å². The van der Waals surface area contributed by atoms with E-state index in [1.807, 2.05) is 20.8 Å². The predicted molar refractivity (Wildman–Crippen MR) is 43.0 cm³/mol. The third-order valence-corrected chi connectivity index (χ3v) is 6.07. The number of hydrogen-bond acceptors (Lipinski definition) is 2. The van der Waals surface area contributed by atoms with Crippen molar-refractivity contribution in [2.45, 2.75) is 25.9 Å². The van der Waals surface area contributed by atoms with E-state index in [9.17, 15) is 4.57 Å². The van der Waals surface area contributed by atoms with E-state index in [-0.39, 0.29) is 5.16 Å². The molecule has 60 valence electrons. The molecule has 0 radical (unpaired) electrons. The first-order valence-electron chi connectivity index (χ1n) is 3.62. The maximum Gasteiger partial charge on any atom is 0.119 e. The van der Waals surface area contributed by atoms with E-state index in [0.717, 1.165) is 6.16 Å². The lowest BCUT2D eigenvalue weighted by molar-refractivity contribution is 0.214. The van der Waals surface area contributed by atoms with Gasteiger partial charge < -0.3 is 9.30 Å². The normalized spacial score (nSPS) is 34.7. The van der Waals surface area contributed by atoms with Crippen LogP contribution in [-0.4, -0.2) is 24.3 Å². The minimum Gasteiger partial charge on any atom is -0.373 e. The highest BCUT2D eigenvalue weighted by Gasteiger charge is 2.39. The van der Waals surface area contributed by atoms with Crippen LogP contribution < -0.4 is 0 Å². The second-order valence-corrected chi connectivity index (χ2v) is 7.65. The van der Waals surface area contributed by atoms with Crippen molar-refractivity contribution in [2.75, 3.05) is 19.1 Å². The number of ether oxygens (including phenoxy) is 1. The van der Waals surface area contributed by atoms with Gasteiger partial charge in [-0.25, -0.2) is 0 Å². The highest BCUT2D eigenvalue weighted by Crippen LogP contribution is 2.59. The standard InChI is InChI=1S/C7H15O2P/c1-7(2,3)10(8)5-4-9-6-10/h4-6H2,1-3H3/t10-/m1/s1. The molecule has 1 rings (SSSR count). The fraction of sp³-hybridized carbons (Fsp3) is 1.00. The summed E-state index contributed by atoms with van der Waals surface area (Å²) in [6, 6.07) is 0. The molecule has 1 atom stereocenters. The van der Waals surface area contributed by atoms with Crippen LogP contribution in [0.4, 0.5) is 0 Å². The minimum absolute atomic E-state index is 0.0521. The van der Waals surface area contributed by atoms with Crippen molar-refractivity contribution in [3.05, 3.63) is 0 Å². The van der Waals surface area contributed by atoms with Crippen LogP contribution in [0.5, 0.6) is 0 Å². The molecule has 1 aliphatic heterocycles. The summed E-state index contributed by atoms with van der Waals surface area (Å²) >= 11 is 0. The molecule has 10 heavy (non-hydrogen) atoms. The van der Waals surface area contributed by atoms with Crippen LogP contribution in [0.1, 0.15) is 20.8 Å². The molecular weight excluding hydrogens is 147 g/mol. The first-order valence-corrected chi connectivity index (χ1v) is 5.69. The van der Waals surface area contributed by atoms with E-state index in [1.165, 1.54) is 0 Å². The van der Waals surface area contributed by atoms with E-state index in [1.54, 1.807) is 0 Å². The summed E-state index contributed by atoms with van der Waals surface area (Å²) in [7, 11) is -1.98. The third kappa shape index (κ3) is 1.28. The first-order chi connectivity index (χ1) is 4.46. The fourth-order valence-electron chi connectivity index (χ4n) is 1.02. The molecule has 2 nitrogen and oxygen atoms in total. The highest BCUT2D eigenvalue weighted by molar-refractivity contribution is 7.65. The van der Waals surface area contributed by atoms with Crippen LogP contribution in [0, 0.1) is 0 Å². The summed E-state index contributed by atoms with van der Waals surface area (Å²) in [5, 5.41) is -0.0521. The molecule has 1 aliphatic rings. The average molecular weight is 162 g/mol. The van der Waals surface area contributed by atoms with E-state index in [4.69, 9.17) is 4.74 Å². The van der Waals surface area contributed by atoms with Crippen LogP contribution in [0.2, 0.25) is 0 Å². The summed E-state index contributed by atoms with van der Waals surface area (Å²) in [4.78, 5) is 0. The number of hydrogen-bond donors (Lipinski definition) is 0. The maximum atomic E-state index is 11.9. The van der Waals surface area contributed by atoms with Crippen molar-refractivity contribution in [1.29, 1.82) is 0 Å². The fourth-order valence-corrected chi connectivity index (χ4v) is 3.05. The van der Waals surface area contributed by atoms with Gasteiger partial charge in [0.2, 0.25) is 0 Å². The van der Waals surface area contributed by atoms with Gasteiger partial charge in [0.15, 0.2) is 0 Å². The maximum absolute atomic E-state index is 11.9. The molecular formula is C7H15O2P. The van der Waals surface area contributed by atoms with Crippen LogP contribution in [-0.2, 0) is 9.30 Å². The van der Waals surface area contributed by atoms with E-state index in [0.29, 0.717) is 13.0 Å². The number of rotatable bonds is 0. The Morgan fingerprint density at radius 2 is 2.00 bits per heavy atom. The van der Waals surface area contributed by atoms with Crippen molar-refractivity contribution >= 4 is 7.14 Å². The quantitative estimate of drug-likeness (QED) is 0.510. The van der Waals surface area contributed by atoms with Crippen molar-refractivity contribution in [3.63, 3.8) is 0 Å². The lowest BCUT2D eigenvalue weighted by Gasteiger charge is -2.25. The van der Waals surface area contributed by atoms with Crippen LogP contribution in [0.25, 0.3) is 0 Å². The molecule has 0 N–H and O–H groups in total. The molecule has 0 aliphatic carbocycles. The van der Waals surface area contributed by atoms with Gasteiger partial charge >= 0.3 is 0 Å². The summed E-state index contributed by atoms with van der Waals surface area (Å²) in [6.07, 6.45) is 1.27.